The number of nitrogens with zero attached hydrogens (tertiary/aromatic N) is 2. The lowest BCUT2D eigenvalue weighted by Gasteiger charge is -2.29. The van der Waals surface area contributed by atoms with Gasteiger partial charge in [-0.15, -0.1) is 0 Å². The van der Waals surface area contributed by atoms with Crippen LogP contribution in [0.1, 0.15) is 12.0 Å². The van der Waals surface area contributed by atoms with Gasteiger partial charge in [0.1, 0.15) is 5.82 Å². The Kier molecular flexibility index (Phi) is 3.47. The first-order chi connectivity index (χ1) is 8.91. The largest absolute Gasteiger partial charge is 0.412 e. The van der Waals surface area contributed by atoms with E-state index in [0.717, 1.165) is 12.1 Å². The molecule has 1 aromatic carbocycles. The van der Waals surface area contributed by atoms with Gasteiger partial charge in [0.15, 0.2) is 0 Å². The highest BCUT2D eigenvalue weighted by molar-refractivity contribution is 5.52. The Hall–Kier alpha value is -2.03. The number of benzene rings is 1. The van der Waals surface area contributed by atoms with Crippen molar-refractivity contribution in [2.24, 2.45) is 0 Å². The maximum atomic E-state index is 13.7. The standard InChI is InChI=1S/C13H10F4N2/c14-11-7-9(8-18)1-2-12(11)19-5-3-10(4-6-19)13(15,16)17/h1-3,7H,4-6H2. The van der Waals surface area contributed by atoms with Crippen molar-refractivity contribution in [2.45, 2.75) is 12.6 Å². The summed E-state index contributed by atoms with van der Waals surface area (Å²) in [7, 11) is 0. The number of hydrogen-bond acceptors (Lipinski definition) is 2. The number of rotatable bonds is 1. The van der Waals surface area contributed by atoms with E-state index in [0.29, 0.717) is 0 Å². The molecule has 1 heterocycles. The Morgan fingerprint density at radius 2 is 2.00 bits per heavy atom. The minimum absolute atomic E-state index is 0.0116. The molecule has 19 heavy (non-hydrogen) atoms. The summed E-state index contributed by atoms with van der Waals surface area (Å²) < 4.78 is 51.1. The van der Waals surface area contributed by atoms with Gasteiger partial charge in [-0.25, -0.2) is 4.39 Å². The van der Waals surface area contributed by atoms with Gasteiger partial charge >= 0.3 is 6.18 Å². The fourth-order valence-corrected chi connectivity index (χ4v) is 1.98. The van der Waals surface area contributed by atoms with Crippen LogP contribution in [0.2, 0.25) is 0 Å². The molecule has 0 aromatic heterocycles. The third-order valence-corrected chi connectivity index (χ3v) is 2.99. The smallest absolute Gasteiger partial charge is 0.365 e. The Morgan fingerprint density at radius 1 is 1.26 bits per heavy atom. The van der Waals surface area contributed by atoms with E-state index in [4.69, 9.17) is 5.26 Å². The zero-order valence-corrected chi connectivity index (χ0v) is 9.84. The van der Waals surface area contributed by atoms with Crippen LogP contribution >= 0.6 is 0 Å². The summed E-state index contributed by atoms with van der Waals surface area (Å²) in [6, 6.07) is 5.75. The van der Waals surface area contributed by atoms with Crippen LogP contribution in [0.4, 0.5) is 23.2 Å². The molecule has 0 saturated heterocycles. The monoisotopic (exact) mass is 270 g/mol. The predicted molar refractivity (Wildman–Crippen MR) is 62.1 cm³/mol. The van der Waals surface area contributed by atoms with E-state index in [1.165, 1.54) is 17.0 Å². The topological polar surface area (TPSA) is 27.0 Å². The number of alkyl halides is 3. The van der Waals surface area contributed by atoms with Crippen LogP contribution in [0.5, 0.6) is 0 Å². The van der Waals surface area contributed by atoms with Crippen molar-refractivity contribution in [1.82, 2.24) is 0 Å². The highest BCUT2D eigenvalue weighted by atomic mass is 19.4. The molecule has 100 valence electrons. The molecule has 0 saturated carbocycles. The lowest BCUT2D eigenvalue weighted by Crippen LogP contribution is -2.32. The molecule has 0 radical (unpaired) electrons. The molecule has 6 heteroatoms. The third-order valence-electron chi connectivity index (χ3n) is 2.99. The van der Waals surface area contributed by atoms with Gasteiger partial charge in [-0.2, -0.15) is 18.4 Å². The number of hydrogen-bond donors (Lipinski definition) is 0. The summed E-state index contributed by atoms with van der Waals surface area (Å²) in [4.78, 5) is 1.52. The fourth-order valence-electron chi connectivity index (χ4n) is 1.98. The summed E-state index contributed by atoms with van der Waals surface area (Å²) in [5, 5.41) is 8.62. The van der Waals surface area contributed by atoms with Crippen LogP contribution in [-0.4, -0.2) is 19.3 Å². The van der Waals surface area contributed by atoms with Crippen molar-refractivity contribution in [3.63, 3.8) is 0 Å². The Balaban J connectivity index is 2.19. The van der Waals surface area contributed by atoms with E-state index in [1.807, 2.05) is 0 Å². The molecule has 0 N–H and O–H groups in total. The first-order valence-electron chi connectivity index (χ1n) is 5.62. The van der Waals surface area contributed by atoms with Crippen LogP contribution in [-0.2, 0) is 0 Å². The summed E-state index contributed by atoms with van der Waals surface area (Å²) in [5.41, 5.74) is -0.168. The lowest BCUT2D eigenvalue weighted by atomic mass is 10.1. The predicted octanol–water partition coefficient (Wildman–Crippen LogP) is 3.40. The van der Waals surface area contributed by atoms with Crippen molar-refractivity contribution in [3.8, 4) is 6.07 Å². The second-order valence-corrected chi connectivity index (χ2v) is 4.20. The SMILES string of the molecule is N#Cc1ccc(N2CC=C(C(F)(F)F)CC2)c(F)c1. The van der Waals surface area contributed by atoms with Gasteiger partial charge in [-0.1, -0.05) is 6.08 Å². The molecule has 0 aliphatic carbocycles. The fraction of sp³-hybridized carbons (Fsp3) is 0.308. The Labute approximate surface area is 107 Å². The lowest BCUT2D eigenvalue weighted by molar-refractivity contribution is -0.0943. The van der Waals surface area contributed by atoms with Crippen LogP contribution in [0, 0.1) is 17.1 Å². The maximum absolute atomic E-state index is 13.7. The molecule has 0 spiro atoms. The van der Waals surface area contributed by atoms with Crippen LogP contribution in [0.15, 0.2) is 29.8 Å². The number of halogens is 4. The highest BCUT2D eigenvalue weighted by Crippen LogP contribution is 2.32. The van der Waals surface area contributed by atoms with Gasteiger partial charge in [0.2, 0.25) is 0 Å². The van der Waals surface area contributed by atoms with E-state index < -0.39 is 17.6 Å². The highest BCUT2D eigenvalue weighted by Gasteiger charge is 2.35. The van der Waals surface area contributed by atoms with E-state index >= 15 is 0 Å². The van der Waals surface area contributed by atoms with E-state index in [9.17, 15) is 17.6 Å². The van der Waals surface area contributed by atoms with Crippen LogP contribution in [0.25, 0.3) is 0 Å². The molecule has 0 unspecified atom stereocenters. The minimum atomic E-state index is -4.31. The molecule has 2 nitrogen and oxygen atoms in total. The number of nitriles is 1. The molecular formula is C13H10F4N2. The summed E-state index contributed by atoms with van der Waals surface area (Å²) in [6.07, 6.45) is -3.40. The van der Waals surface area contributed by atoms with Gasteiger partial charge in [0.25, 0.3) is 0 Å². The van der Waals surface area contributed by atoms with Gasteiger partial charge in [-0.3, -0.25) is 0 Å². The molecule has 1 aromatic rings. The van der Waals surface area contributed by atoms with Crippen molar-refractivity contribution >= 4 is 5.69 Å². The summed E-state index contributed by atoms with van der Waals surface area (Å²) in [5.74, 6) is -0.595. The van der Waals surface area contributed by atoms with Gasteiger partial charge < -0.3 is 4.90 Å². The molecule has 1 aliphatic rings. The maximum Gasteiger partial charge on any atom is 0.412 e. The summed E-state index contributed by atoms with van der Waals surface area (Å²) in [6.45, 7) is 0.117. The van der Waals surface area contributed by atoms with Crippen molar-refractivity contribution < 1.29 is 17.6 Å². The van der Waals surface area contributed by atoms with Crippen molar-refractivity contribution in [2.75, 3.05) is 18.0 Å². The molecule has 1 aliphatic heterocycles. The zero-order valence-electron chi connectivity index (χ0n) is 9.84. The molecule has 0 fully saturated rings. The van der Waals surface area contributed by atoms with Crippen molar-refractivity contribution in [3.05, 3.63) is 41.2 Å². The van der Waals surface area contributed by atoms with Crippen LogP contribution in [0.3, 0.4) is 0 Å². The van der Waals surface area contributed by atoms with E-state index in [2.05, 4.69) is 0 Å². The van der Waals surface area contributed by atoms with Crippen LogP contribution < -0.4 is 4.90 Å². The molecule has 2 rings (SSSR count). The molecule has 0 bridgehead atoms. The van der Waals surface area contributed by atoms with E-state index in [-0.39, 0.29) is 30.8 Å². The molecule has 0 atom stereocenters. The van der Waals surface area contributed by atoms with Gasteiger partial charge in [0.05, 0.1) is 17.3 Å². The molecular weight excluding hydrogens is 260 g/mol. The number of anilines is 1. The summed E-state index contributed by atoms with van der Waals surface area (Å²) >= 11 is 0. The molecule has 0 amide bonds. The normalized spacial score (nSPS) is 15.9. The third kappa shape index (κ3) is 2.87. The van der Waals surface area contributed by atoms with Gasteiger partial charge in [-0.05, 0) is 24.6 Å². The second-order valence-electron chi connectivity index (χ2n) is 4.20. The average Bonchev–Trinajstić information content (AvgIpc) is 2.37. The first kappa shape index (κ1) is 13.4. The minimum Gasteiger partial charge on any atom is -0.365 e. The first-order valence-corrected chi connectivity index (χ1v) is 5.62. The Morgan fingerprint density at radius 3 is 2.47 bits per heavy atom. The van der Waals surface area contributed by atoms with E-state index in [1.54, 1.807) is 6.07 Å². The average molecular weight is 270 g/mol. The quantitative estimate of drug-likeness (QED) is 0.577. The zero-order chi connectivity index (χ0) is 14.0. The van der Waals surface area contributed by atoms with Gasteiger partial charge in [0, 0.05) is 18.7 Å². The second kappa shape index (κ2) is 4.92. The Bertz CT molecular complexity index is 555. The van der Waals surface area contributed by atoms with Crippen molar-refractivity contribution in [1.29, 1.82) is 5.26 Å².